The minimum absolute atomic E-state index is 0.240. The molecule has 1 aliphatic heterocycles. The number of rotatable bonds is 3. The molecule has 0 fully saturated rings. The van der Waals surface area contributed by atoms with Crippen molar-refractivity contribution in [2.75, 3.05) is 5.32 Å². The number of aliphatic hydroxyl groups is 1. The molecule has 0 aliphatic carbocycles. The van der Waals surface area contributed by atoms with Crippen LogP contribution in [0.3, 0.4) is 0 Å². The minimum Gasteiger partial charge on any atom is -0.375 e. The number of ketones is 1. The van der Waals surface area contributed by atoms with Crippen molar-refractivity contribution in [3.05, 3.63) is 52.2 Å². The number of nitrogens with one attached hydrogen (secondary N) is 1. The van der Waals surface area contributed by atoms with Crippen LogP contribution < -0.4 is 5.32 Å². The van der Waals surface area contributed by atoms with Gasteiger partial charge in [-0.15, -0.1) is 0 Å². The highest BCUT2D eigenvalue weighted by Crippen LogP contribution is 2.38. The van der Waals surface area contributed by atoms with Crippen molar-refractivity contribution in [3.63, 3.8) is 0 Å². The van der Waals surface area contributed by atoms with Crippen molar-refractivity contribution >= 4 is 28.7 Å². The van der Waals surface area contributed by atoms with Crippen molar-refractivity contribution in [2.45, 2.75) is 12.0 Å². The van der Waals surface area contributed by atoms with Gasteiger partial charge in [-0.25, -0.2) is 0 Å². The van der Waals surface area contributed by atoms with Gasteiger partial charge in [-0.2, -0.15) is 11.3 Å². The molecule has 0 saturated heterocycles. The van der Waals surface area contributed by atoms with E-state index in [2.05, 4.69) is 5.32 Å². The molecule has 0 saturated carbocycles. The van der Waals surface area contributed by atoms with Gasteiger partial charge in [0.25, 0.3) is 5.91 Å². The fourth-order valence-corrected chi connectivity index (χ4v) is 2.89. The number of para-hydroxylation sites is 1. The number of hydrogen-bond acceptors (Lipinski definition) is 4. The fraction of sp³-hybridized carbons (Fsp3) is 0.143. The first kappa shape index (κ1) is 12.1. The normalized spacial score (nSPS) is 21.0. The zero-order valence-corrected chi connectivity index (χ0v) is 10.7. The van der Waals surface area contributed by atoms with Crippen LogP contribution in [0, 0.1) is 0 Å². The predicted molar refractivity (Wildman–Crippen MR) is 72.2 cm³/mol. The maximum atomic E-state index is 12.1. The van der Waals surface area contributed by atoms with Gasteiger partial charge in [-0.1, -0.05) is 18.2 Å². The number of hydrogen-bond donors (Lipinski definition) is 2. The van der Waals surface area contributed by atoms with Crippen molar-refractivity contribution in [3.8, 4) is 0 Å². The van der Waals surface area contributed by atoms with Crippen molar-refractivity contribution < 1.29 is 14.7 Å². The summed E-state index contributed by atoms with van der Waals surface area (Å²) < 4.78 is 0. The van der Waals surface area contributed by atoms with E-state index in [1.807, 2.05) is 0 Å². The molecule has 1 atom stereocenters. The van der Waals surface area contributed by atoms with E-state index in [1.165, 1.54) is 11.3 Å². The van der Waals surface area contributed by atoms with Crippen LogP contribution in [0.4, 0.5) is 5.69 Å². The summed E-state index contributed by atoms with van der Waals surface area (Å²) in [5.74, 6) is -0.784. The molecule has 0 bridgehead atoms. The van der Waals surface area contributed by atoms with Crippen molar-refractivity contribution in [1.29, 1.82) is 0 Å². The smallest absolute Gasteiger partial charge is 0.261 e. The second-order valence-electron chi connectivity index (χ2n) is 4.47. The molecule has 19 heavy (non-hydrogen) atoms. The quantitative estimate of drug-likeness (QED) is 0.842. The number of anilines is 1. The molecular weight excluding hydrogens is 262 g/mol. The summed E-state index contributed by atoms with van der Waals surface area (Å²) in [6, 6.07) is 8.56. The number of fused-ring (bicyclic) bond motifs is 1. The molecule has 1 aromatic heterocycles. The lowest BCUT2D eigenvalue weighted by molar-refractivity contribution is -0.133. The van der Waals surface area contributed by atoms with E-state index in [0.717, 1.165) is 0 Å². The van der Waals surface area contributed by atoms with Crippen LogP contribution in [0.5, 0.6) is 0 Å². The maximum absolute atomic E-state index is 12.1. The number of Topliss-reactive ketones (excluding diaryl/α,β-unsaturated/α-hetero) is 1. The summed E-state index contributed by atoms with van der Waals surface area (Å²) in [5.41, 5.74) is -0.220. The van der Waals surface area contributed by atoms with Crippen LogP contribution in [0.1, 0.15) is 22.3 Å². The first-order chi connectivity index (χ1) is 9.11. The number of benzene rings is 1. The number of amides is 1. The zero-order chi connectivity index (χ0) is 13.5. The Hall–Kier alpha value is -1.98. The van der Waals surface area contributed by atoms with E-state index in [9.17, 15) is 14.7 Å². The Morgan fingerprint density at radius 1 is 1.32 bits per heavy atom. The van der Waals surface area contributed by atoms with E-state index in [0.29, 0.717) is 16.8 Å². The molecule has 2 aromatic rings. The summed E-state index contributed by atoms with van der Waals surface area (Å²) in [5, 5.41) is 16.7. The second-order valence-corrected chi connectivity index (χ2v) is 5.25. The average Bonchev–Trinajstić information content (AvgIpc) is 2.99. The van der Waals surface area contributed by atoms with E-state index in [4.69, 9.17) is 0 Å². The highest BCUT2D eigenvalue weighted by Gasteiger charge is 2.46. The largest absolute Gasteiger partial charge is 0.375 e. The first-order valence-corrected chi connectivity index (χ1v) is 6.74. The van der Waals surface area contributed by atoms with Gasteiger partial charge in [0.2, 0.25) is 0 Å². The first-order valence-electron chi connectivity index (χ1n) is 5.80. The number of carbonyl (C=O) groups is 2. The molecule has 2 heterocycles. The van der Waals surface area contributed by atoms with Gasteiger partial charge < -0.3 is 10.4 Å². The van der Waals surface area contributed by atoms with E-state index in [-0.39, 0.29) is 12.2 Å². The molecule has 0 radical (unpaired) electrons. The minimum atomic E-state index is -1.77. The average molecular weight is 273 g/mol. The third kappa shape index (κ3) is 1.87. The van der Waals surface area contributed by atoms with E-state index >= 15 is 0 Å². The molecule has 0 spiro atoms. The van der Waals surface area contributed by atoms with E-state index < -0.39 is 11.5 Å². The molecule has 2 N–H and O–H groups in total. The second kappa shape index (κ2) is 4.29. The Morgan fingerprint density at radius 3 is 2.84 bits per heavy atom. The highest BCUT2D eigenvalue weighted by molar-refractivity contribution is 7.08. The lowest BCUT2D eigenvalue weighted by Crippen LogP contribution is -2.36. The molecular formula is C14H11NO3S. The fourth-order valence-electron chi connectivity index (χ4n) is 2.23. The van der Waals surface area contributed by atoms with E-state index in [1.54, 1.807) is 41.1 Å². The number of carbonyl (C=O) groups excluding carboxylic acids is 2. The SMILES string of the molecule is O=C(C[C@]1(O)C(=O)Nc2ccccc21)c1ccsc1. The summed E-state index contributed by atoms with van der Waals surface area (Å²) >= 11 is 1.41. The molecule has 1 aliphatic rings. The van der Waals surface area contributed by atoms with Crippen LogP contribution in [0.2, 0.25) is 0 Å². The lowest BCUT2D eigenvalue weighted by atomic mass is 9.89. The maximum Gasteiger partial charge on any atom is 0.261 e. The zero-order valence-electron chi connectivity index (χ0n) is 9.92. The summed E-state index contributed by atoms with van der Waals surface area (Å²) in [7, 11) is 0. The van der Waals surface area contributed by atoms with Gasteiger partial charge in [0.1, 0.15) is 0 Å². The Morgan fingerprint density at radius 2 is 2.11 bits per heavy atom. The number of thiophene rings is 1. The topological polar surface area (TPSA) is 66.4 Å². The molecule has 1 aromatic carbocycles. The molecule has 0 unspecified atom stereocenters. The third-order valence-corrected chi connectivity index (χ3v) is 3.94. The summed E-state index contributed by atoms with van der Waals surface area (Å²) in [4.78, 5) is 24.0. The van der Waals surface area contributed by atoms with Crippen LogP contribution in [0.15, 0.2) is 41.1 Å². The summed E-state index contributed by atoms with van der Waals surface area (Å²) in [6.45, 7) is 0. The Labute approximate surface area is 113 Å². The molecule has 3 rings (SSSR count). The lowest BCUT2D eigenvalue weighted by Gasteiger charge is -2.19. The molecule has 5 heteroatoms. The van der Waals surface area contributed by atoms with Gasteiger partial charge in [-0.05, 0) is 17.5 Å². The Balaban J connectivity index is 1.95. The molecule has 4 nitrogen and oxygen atoms in total. The monoisotopic (exact) mass is 273 g/mol. The van der Waals surface area contributed by atoms with Gasteiger partial charge in [0.05, 0.1) is 6.42 Å². The van der Waals surface area contributed by atoms with Gasteiger partial charge >= 0.3 is 0 Å². The van der Waals surface area contributed by atoms with Crippen LogP contribution in [-0.4, -0.2) is 16.8 Å². The predicted octanol–water partition coefficient (Wildman–Crippen LogP) is 2.16. The molecule has 96 valence electrons. The Bertz CT molecular complexity index is 650. The highest BCUT2D eigenvalue weighted by atomic mass is 32.1. The van der Waals surface area contributed by atoms with Crippen LogP contribution >= 0.6 is 11.3 Å². The third-order valence-electron chi connectivity index (χ3n) is 3.26. The van der Waals surface area contributed by atoms with Gasteiger partial charge in [0.15, 0.2) is 11.4 Å². The summed E-state index contributed by atoms with van der Waals surface area (Å²) in [6.07, 6.45) is -0.243. The van der Waals surface area contributed by atoms with Crippen molar-refractivity contribution in [1.82, 2.24) is 0 Å². The van der Waals surface area contributed by atoms with Crippen molar-refractivity contribution in [2.24, 2.45) is 0 Å². The van der Waals surface area contributed by atoms with Gasteiger partial charge in [0, 0.05) is 22.2 Å². The van der Waals surface area contributed by atoms with Gasteiger partial charge in [-0.3, -0.25) is 9.59 Å². The molecule has 1 amide bonds. The Kier molecular flexibility index (Phi) is 2.73. The van der Waals surface area contributed by atoms with Crippen LogP contribution in [-0.2, 0) is 10.4 Å². The van der Waals surface area contributed by atoms with Crippen LogP contribution in [0.25, 0.3) is 0 Å². The standard InChI is InChI=1S/C14H11NO3S/c16-12(9-5-6-19-8-9)7-14(18)10-3-1-2-4-11(10)15-13(14)17/h1-6,8,18H,7H2,(H,15,17)/t14-/m1/s1.